The molecule has 1 saturated heterocycles. The monoisotopic (exact) mass is 402 g/mol. The number of piperidine rings is 1. The van der Waals surface area contributed by atoms with Crippen molar-refractivity contribution in [2.24, 2.45) is 5.92 Å². The fourth-order valence-corrected chi connectivity index (χ4v) is 4.45. The third kappa shape index (κ3) is 4.67. The van der Waals surface area contributed by atoms with Crippen molar-refractivity contribution in [1.82, 2.24) is 4.90 Å². The number of esters is 1. The topological polar surface area (TPSA) is 84.0 Å². The molecule has 0 N–H and O–H groups in total. The number of anilines is 1. The predicted octanol–water partition coefficient (Wildman–Crippen LogP) is 1.91. The minimum Gasteiger partial charge on any atom is -0.469 e. The minimum atomic E-state index is -3.67. The number of sulfonamides is 1. The van der Waals surface area contributed by atoms with Crippen LogP contribution < -0.4 is 4.31 Å². The maximum absolute atomic E-state index is 12.9. The van der Waals surface area contributed by atoms with Crippen LogP contribution in [0.15, 0.2) is 24.3 Å². The zero-order valence-electron chi connectivity index (χ0n) is 15.0. The Morgan fingerprint density at radius 2 is 1.77 bits per heavy atom. The van der Waals surface area contributed by atoms with E-state index in [0.29, 0.717) is 36.6 Å². The lowest BCUT2D eigenvalue weighted by molar-refractivity contribution is -0.149. The molecule has 1 heterocycles. The van der Waals surface area contributed by atoms with Crippen molar-refractivity contribution in [1.29, 1.82) is 0 Å². The maximum Gasteiger partial charge on any atom is 0.308 e. The summed E-state index contributed by atoms with van der Waals surface area (Å²) in [6.07, 6.45) is 2.07. The Hall–Kier alpha value is -1.80. The normalized spacial score (nSPS) is 16.8. The largest absolute Gasteiger partial charge is 0.469 e. The summed E-state index contributed by atoms with van der Waals surface area (Å²) in [5, 5.41) is 0.478. The number of carbonyl (C=O) groups is 2. The van der Waals surface area contributed by atoms with Crippen molar-refractivity contribution in [3.63, 3.8) is 0 Å². The first-order valence-electron chi connectivity index (χ1n) is 8.26. The molecule has 0 saturated carbocycles. The molecular formula is C17H23ClN2O5S. The fraction of sp³-hybridized carbons (Fsp3) is 0.529. The van der Waals surface area contributed by atoms with Gasteiger partial charge >= 0.3 is 5.97 Å². The van der Waals surface area contributed by atoms with Crippen molar-refractivity contribution in [3.05, 3.63) is 29.3 Å². The van der Waals surface area contributed by atoms with Gasteiger partial charge < -0.3 is 9.64 Å². The number of ether oxygens (including phenoxy) is 1. The van der Waals surface area contributed by atoms with Crippen LogP contribution in [-0.2, 0) is 24.3 Å². The molecule has 1 fully saturated rings. The van der Waals surface area contributed by atoms with Gasteiger partial charge in [0.25, 0.3) is 0 Å². The van der Waals surface area contributed by atoms with E-state index in [1.165, 1.54) is 7.11 Å². The van der Waals surface area contributed by atoms with E-state index < -0.39 is 16.1 Å². The molecule has 0 spiro atoms. The second-order valence-corrected chi connectivity index (χ2v) is 8.63. The zero-order valence-corrected chi connectivity index (χ0v) is 16.6. The number of carbonyl (C=O) groups excluding carboxylic acids is 2. The summed E-state index contributed by atoms with van der Waals surface area (Å²) in [7, 11) is -2.33. The first-order valence-corrected chi connectivity index (χ1v) is 10.5. The van der Waals surface area contributed by atoms with Gasteiger partial charge in [0.2, 0.25) is 15.9 Å². The van der Waals surface area contributed by atoms with E-state index in [4.69, 9.17) is 16.3 Å². The molecule has 7 nitrogen and oxygen atoms in total. The molecule has 0 aliphatic carbocycles. The maximum atomic E-state index is 12.9. The molecule has 1 aromatic rings. The van der Waals surface area contributed by atoms with Crippen molar-refractivity contribution in [2.75, 3.05) is 30.8 Å². The van der Waals surface area contributed by atoms with Crippen molar-refractivity contribution in [3.8, 4) is 0 Å². The molecule has 1 amide bonds. The third-order valence-corrected chi connectivity index (χ3v) is 5.98. The Labute approximate surface area is 158 Å². The van der Waals surface area contributed by atoms with Crippen LogP contribution in [0.3, 0.4) is 0 Å². The Morgan fingerprint density at radius 1 is 1.23 bits per heavy atom. The molecule has 0 radical (unpaired) electrons. The van der Waals surface area contributed by atoms with E-state index in [2.05, 4.69) is 0 Å². The Bertz CT molecular complexity index is 758. The highest BCUT2D eigenvalue weighted by atomic mass is 35.5. The molecule has 1 aromatic carbocycles. The summed E-state index contributed by atoms with van der Waals surface area (Å²) in [6, 6.07) is 5.39. The van der Waals surface area contributed by atoms with Crippen LogP contribution in [0.2, 0.25) is 5.02 Å². The third-order valence-electron chi connectivity index (χ3n) is 4.49. The molecule has 2 rings (SSSR count). The molecule has 9 heteroatoms. The number of methoxy groups -OCH3 is 1. The Kier molecular flexibility index (Phi) is 6.52. The summed E-state index contributed by atoms with van der Waals surface area (Å²) in [5.74, 6) is -0.792. The summed E-state index contributed by atoms with van der Waals surface area (Å²) in [6.45, 7) is 2.34. The van der Waals surface area contributed by atoms with Crippen LogP contribution in [0.4, 0.5) is 5.69 Å². The van der Waals surface area contributed by atoms with Crippen LogP contribution in [0, 0.1) is 5.92 Å². The van der Waals surface area contributed by atoms with Crippen LogP contribution >= 0.6 is 11.6 Å². The van der Waals surface area contributed by atoms with E-state index in [9.17, 15) is 18.0 Å². The standard InChI is InChI=1S/C17H23ClN2O5S/c1-12(16(21)19-10-8-13(9-11-19)17(22)25-2)20(26(3,23)24)15-6-4-14(18)5-7-15/h4-7,12-13H,8-11H2,1-3H3/t12-/m1/s1. The van der Waals surface area contributed by atoms with E-state index >= 15 is 0 Å². The quantitative estimate of drug-likeness (QED) is 0.702. The minimum absolute atomic E-state index is 0.221. The van der Waals surface area contributed by atoms with Gasteiger partial charge in [-0.05, 0) is 44.0 Å². The first kappa shape index (κ1) is 20.5. The second-order valence-electron chi connectivity index (χ2n) is 6.33. The molecule has 26 heavy (non-hydrogen) atoms. The van der Waals surface area contributed by atoms with Crippen LogP contribution in [0.1, 0.15) is 19.8 Å². The molecule has 1 aliphatic rings. The first-order chi connectivity index (χ1) is 12.1. The number of rotatable bonds is 5. The average molecular weight is 403 g/mol. The smallest absolute Gasteiger partial charge is 0.308 e. The van der Waals surface area contributed by atoms with Gasteiger partial charge in [-0.15, -0.1) is 0 Å². The van der Waals surface area contributed by atoms with Crippen molar-refractivity contribution >= 4 is 39.2 Å². The summed E-state index contributed by atoms with van der Waals surface area (Å²) in [5.41, 5.74) is 0.377. The van der Waals surface area contributed by atoms with Crippen molar-refractivity contribution in [2.45, 2.75) is 25.8 Å². The van der Waals surface area contributed by atoms with Crippen LogP contribution in [-0.4, -0.2) is 57.7 Å². The van der Waals surface area contributed by atoms with E-state index in [0.717, 1.165) is 10.6 Å². The van der Waals surface area contributed by atoms with Gasteiger partial charge in [-0.1, -0.05) is 11.6 Å². The van der Waals surface area contributed by atoms with E-state index in [1.54, 1.807) is 36.1 Å². The predicted molar refractivity (Wildman–Crippen MR) is 99.6 cm³/mol. The SMILES string of the molecule is COC(=O)C1CCN(C(=O)[C@@H](C)N(c2ccc(Cl)cc2)S(C)(=O)=O)CC1. The molecule has 0 unspecified atom stereocenters. The molecule has 0 bridgehead atoms. The number of likely N-dealkylation sites (tertiary alicyclic amines) is 1. The molecule has 144 valence electrons. The van der Waals surface area contributed by atoms with Gasteiger partial charge in [-0.25, -0.2) is 8.42 Å². The number of benzene rings is 1. The van der Waals surface area contributed by atoms with Crippen molar-refractivity contribution < 1.29 is 22.7 Å². The van der Waals surface area contributed by atoms with Gasteiger partial charge in [-0.2, -0.15) is 0 Å². The average Bonchev–Trinajstić information content (AvgIpc) is 2.61. The van der Waals surface area contributed by atoms with Gasteiger partial charge in [0, 0.05) is 18.1 Å². The number of amides is 1. The molecule has 1 atom stereocenters. The number of hydrogen-bond donors (Lipinski definition) is 0. The van der Waals surface area contributed by atoms with Gasteiger partial charge in [0.05, 0.1) is 25.0 Å². The Morgan fingerprint density at radius 3 is 2.23 bits per heavy atom. The highest BCUT2D eigenvalue weighted by Crippen LogP contribution is 2.25. The number of nitrogens with zero attached hydrogens (tertiary/aromatic N) is 2. The van der Waals surface area contributed by atoms with E-state index in [-0.39, 0.29) is 17.8 Å². The number of halogens is 1. The van der Waals surface area contributed by atoms with Crippen LogP contribution in [0.5, 0.6) is 0 Å². The highest BCUT2D eigenvalue weighted by molar-refractivity contribution is 7.92. The van der Waals surface area contributed by atoms with Gasteiger partial charge in [0.1, 0.15) is 6.04 Å². The lowest BCUT2D eigenvalue weighted by Gasteiger charge is -2.36. The zero-order chi connectivity index (χ0) is 19.5. The summed E-state index contributed by atoms with van der Waals surface area (Å²) < 4.78 is 30.4. The molecule has 1 aliphatic heterocycles. The van der Waals surface area contributed by atoms with Gasteiger partial charge in [0.15, 0.2) is 0 Å². The lowest BCUT2D eigenvalue weighted by Crippen LogP contribution is -2.51. The second kappa shape index (κ2) is 8.26. The Balaban J connectivity index is 2.16. The summed E-state index contributed by atoms with van der Waals surface area (Å²) >= 11 is 5.86. The number of hydrogen-bond acceptors (Lipinski definition) is 5. The summed E-state index contributed by atoms with van der Waals surface area (Å²) in [4.78, 5) is 26.1. The molecular weight excluding hydrogens is 380 g/mol. The highest BCUT2D eigenvalue weighted by Gasteiger charge is 2.35. The van der Waals surface area contributed by atoms with Crippen LogP contribution in [0.25, 0.3) is 0 Å². The fourth-order valence-electron chi connectivity index (χ4n) is 3.16. The molecule has 0 aromatic heterocycles. The lowest BCUT2D eigenvalue weighted by atomic mass is 9.96. The van der Waals surface area contributed by atoms with Gasteiger partial charge in [-0.3, -0.25) is 13.9 Å². The van der Waals surface area contributed by atoms with E-state index in [1.807, 2.05) is 0 Å².